The number of nitrogens with zero attached hydrogens (tertiary/aromatic N) is 2. The van der Waals surface area contributed by atoms with Crippen LogP contribution in [0, 0.1) is 0 Å². The normalized spacial score (nSPS) is 12.8. The summed E-state index contributed by atoms with van der Waals surface area (Å²) in [5, 5.41) is 4.52. The molecule has 0 amide bonds. The van der Waals surface area contributed by atoms with E-state index in [1.54, 1.807) is 4.68 Å². The largest absolute Gasteiger partial charge is 0.328 e. The molecular formula is C11H18ClN3O. The molecule has 1 heterocycles. The van der Waals surface area contributed by atoms with Crippen LogP contribution in [0.25, 0.3) is 0 Å². The lowest BCUT2D eigenvalue weighted by Gasteiger charge is -2.07. The standard InChI is InChI=1S/C11H18ClN3O/c1-3-6-15-11(9(12)7-14-15)10(16)5-4-8(2)13/h7-8H,3-6,13H2,1-2H3. The van der Waals surface area contributed by atoms with Gasteiger partial charge in [-0.2, -0.15) is 5.10 Å². The van der Waals surface area contributed by atoms with E-state index in [-0.39, 0.29) is 11.8 Å². The SMILES string of the molecule is CCCn1ncc(Cl)c1C(=O)CCC(C)N. The van der Waals surface area contributed by atoms with Crippen molar-refractivity contribution in [3.05, 3.63) is 16.9 Å². The fourth-order valence-corrected chi connectivity index (χ4v) is 1.74. The molecule has 0 aliphatic heterocycles. The van der Waals surface area contributed by atoms with Gasteiger partial charge in [-0.25, -0.2) is 0 Å². The van der Waals surface area contributed by atoms with E-state index in [2.05, 4.69) is 5.10 Å². The predicted octanol–water partition coefficient (Wildman–Crippen LogP) is 2.26. The number of aryl methyl sites for hydroxylation is 1. The highest BCUT2D eigenvalue weighted by molar-refractivity contribution is 6.33. The molecule has 0 aliphatic rings. The minimum absolute atomic E-state index is 0.0215. The van der Waals surface area contributed by atoms with Crippen LogP contribution in [0.1, 0.15) is 43.6 Å². The summed E-state index contributed by atoms with van der Waals surface area (Å²) in [6.45, 7) is 4.63. The third-order valence-corrected chi connectivity index (χ3v) is 2.60. The Hall–Kier alpha value is -0.870. The van der Waals surface area contributed by atoms with Crippen LogP contribution in [0.5, 0.6) is 0 Å². The zero-order chi connectivity index (χ0) is 12.1. The van der Waals surface area contributed by atoms with Gasteiger partial charge >= 0.3 is 0 Å². The molecule has 2 N–H and O–H groups in total. The van der Waals surface area contributed by atoms with Crippen LogP contribution < -0.4 is 5.73 Å². The van der Waals surface area contributed by atoms with Gasteiger partial charge in [-0.3, -0.25) is 9.48 Å². The first kappa shape index (κ1) is 13.2. The number of carbonyl (C=O) groups is 1. The summed E-state index contributed by atoms with van der Waals surface area (Å²) in [4.78, 5) is 11.9. The highest BCUT2D eigenvalue weighted by Crippen LogP contribution is 2.18. The topological polar surface area (TPSA) is 60.9 Å². The summed E-state index contributed by atoms with van der Waals surface area (Å²) in [5.41, 5.74) is 6.14. The lowest BCUT2D eigenvalue weighted by atomic mass is 10.1. The first-order valence-corrected chi connectivity index (χ1v) is 5.94. The number of halogens is 1. The van der Waals surface area contributed by atoms with Crippen molar-refractivity contribution < 1.29 is 4.79 Å². The van der Waals surface area contributed by atoms with Crippen LogP contribution in [-0.2, 0) is 6.54 Å². The maximum Gasteiger partial charge on any atom is 0.182 e. The van der Waals surface area contributed by atoms with Gasteiger partial charge in [0.1, 0.15) is 5.69 Å². The fourth-order valence-electron chi connectivity index (χ4n) is 1.50. The van der Waals surface area contributed by atoms with Crippen molar-refractivity contribution >= 4 is 17.4 Å². The number of aromatic nitrogens is 2. The van der Waals surface area contributed by atoms with Crippen molar-refractivity contribution in [2.45, 2.75) is 45.7 Å². The Bertz CT molecular complexity index is 360. The van der Waals surface area contributed by atoms with E-state index >= 15 is 0 Å². The van der Waals surface area contributed by atoms with Crippen LogP contribution in [0.2, 0.25) is 5.02 Å². The molecule has 1 unspecified atom stereocenters. The van der Waals surface area contributed by atoms with Gasteiger partial charge in [0, 0.05) is 19.0 Å². The summed E-state index contributed by atoms with van der Waals surface area (Å²) in [7, 11) is 0. The highest BCUT2D eigenvalue weighted by Gasteiger charge is 2.17. The fraction of sp³-hybridized carbons (Fsp3) is 0.636. The molecule has 1 aromatic rings. The molecule has 5 heteroatoms. The van der Waals surface area contributed by atoms with Crippen molar-refractivity contribution in [3.63, 3.8) is 0 Å². The zero-order valence-corrected chi connectivity index (χ0v) is 10.5. The van der Waals surface area contributed by atoms with Crippen molar-refractivity contribution in [2.75, 3.05) is 0 Å². The maximum absolute atomic E-state index is 11.9. The van der Waals surface area contributed by atoms with Crippen molar-refractivity contribution in [1.82, 2.24) is 9.78 Å². The zero-order valence-electron chi connectivity index (χ0n) is 9.74. The van der Waals surface area contributed by atoms with Gasteiger partial charge in [-0.05, 0) is 19.8 Å². The third-order valence-electron chi connectivity index (χ3n) is 2.32. The van der Waals surface area contributed by atoms with E-state index in [4.69, 9.17) is 17.3 Å². The Morgan fingerprint density at radius 3 is 2.94 bits per heavy atom. The number of carbonyl (C=O) groups excluding carboxylic acids is 1. The van der Waals surface area contributed by atoms with Crippen LogP contribution >= 0.6 is 11.6 Å². The summed E-state index contributed by atoms with van der Waals surface area (Å²) < 4.78 is 1.67. The van der Waals surface area contributed by atoms with Crippen molar-refractivity contribution in [3.8, 4) is 0 Å². The maximum atomic E-state index is 11.9. The second-order valence-electron chi connectivity index (χ2n) is 4.00. The molecule has 0 radical (unpaired) electrons. The molecule has 16 heavy (non-hydrogen) atoms. The van der Waals surface area contributed by atoms with Gasteiger partial charge < -0.3 is 5.73 Å². The molecule has 0 saturated heterocycles. The average molecular weight is 244 g/mol. The van der Waals surface area contributed by atoms with Gasteiger partial charge in [0.25, 0.3) is 0 Å². The Morgan fingerprint density at radius 1 is 1.69 bits per heavy atom. The molecule has 0 aliphatic carbocycles. The Morgan fingerprint density at radius 2 is 2.38 bits per heavy atom. The molecule has 0 saturated carbocycles. The van der Waals surface area contributed by atoms with Gasteiger partial charge in [0.2, 0.25) is 0 Å². The minimum atomic E-state index is 0.0215. The van der Waals surface area contributed by atoms with Gasteiger partial charge in [-0.1, -0.05) is 18.5 Å². The minimum Gasteiger partial charge on any atom is -0.328 e. The van der Waals surface area contributed by atoms with E-state index in [0.717, 1.165) is 6.42 Å². The molecule has 1 atom stereocenters. The molecule has 90 valence electrons. The van der Waals surface area contributed by atoms with E-state index in [0.29, 0.717) is 30.1 Å². The summed E-state index contributed by atoms with van der Waals surface area (Å²) >= 11 is 5.96. The highest BCUT2D eigenvalue weighted by atomic mass is 35.5. The number of rotatable bonds is 6. The molecule has 1 rings (SSSR count). The Labute approximate surface area is 101 Å². The van der Waals surface area contributed by atoms with Crippen LogP contribution in [-0.4, -0.2) is 21.6 Å². The summed E-state index contributed by atoms with van der Waals surface area (Å²) in [5.74, 6) is 0.0215. The Kier molecular flexibility index (Phi) is 4.96. The predicted molar refractivity (Wildman–Crippen MR) is 64.7 cm³/mol. The summed E-state index contributed by atoms with van der Waals surface area (Å²) in [6.07, 6.45) is 3.54. The lowest BCUT2D eigenvalue weighted by Crippen LogP contribution is -2.18. The van der Waals surface area contributed by atoms with Crippen LogP contribution in [0.3, 0.4) is 0 Å². The molecule has 0 aromatic carbocycles. The number of Topliss-reactive ketones (excluding diaryl/α,β-unsaturated/α-hetero) is 1. The van der Waals surface area contributed by atoms with Crippen LogP contribution in [0.15, 0.2) is 6.20 Å². The summed E-state index contributed by atoms with van der Waals surface area (Å²) in [6, 6.07) is 0.0327. The number of hydrogen-bond donors (Lipinski definition) is 1. The molecule has 0 fully saturated rings. The van der Waals surface area contributed by atoms with Crippen molar-refractivity contribution in [1.29, 1.82) is 0 Å². The number of hydrogen-bond acceptors (Lipinski definition) is 3. The molecule has 4 nitrogen and oxygen atoms in total. The molecule has 0 bridgehead atoms. The van der Waals surface area contributed by atoms with Gasteiger partial charge in [-0.15, -0.1) is 0 Å². The first-order chi connectivity index (χ1) is 7.56. The van der Waals surface area contributed by atoms with E-state index in [1.165, 1.54) is 6.20 Å². The number of ketones is 1. The first-order valence-electron chi connectivity index (χ1n) is 5.56. The van der Waals surface area contributed by atoms with Crippen LogP contribution in [0.4, 0.5) is 0 Å². The van der Waals surface area contributed by atoms with E-state index in [1.807, 2.05) is 13.8 Å². The quantitative estimate of drug-likeness (QED) is 0.780. The molecule has 0 spiro atoms. The second-order valence-corrected chi connectivity index (χ2v) is 4.41. The van der Waals surface area contributed by atoms with Gasteiger partial charge in [0.15, 0.2) is 5.78 Å². The second kappa shape index (κ2) is 6.01. The lowest BCUT2D eigenvalue weighted by molar-refractivity contribution is 0.0967. The smallest absolute Gasteiger partial charge is 0.182 e. The van der Waals surface area contributed by atoms with E-state index in [9.17, 15) is 4.79 Å². The number of nitrogens with two attached hydrogens (primary N) is 1. The third kappa shape index (κ3) is 3.32. The van der Waals surface area contributed by atoms with E-state index < -0.39 is 0 Å². The van der Waals surface area contributed by atoms with Gasteiger partial charge in [0.05, 0.1) is 11.2 Å². The molecule has 1 aromatic heterocycles. The van der Waals surface area contributed by atoms with Crippen molar-refractivity contribution in [2.24, 2.45) is 5.73 Å². The monoisotopic (exact) mass is 243 g/mol. The Balaban J connectivity index is 2.76. The molecular weight excluding hydrogens is 226 g/mol. The average Bonchev–Trinajstić information content (AvgIpc) is 2.57.